The Hall–Kier alpha value is -2.12. The van der Waals surface area contributed by atoms with Gasteiger partial charge in [0.2, 0.25) is 0 Å². The van der Waals surface area contributed by atoms with Crippen LogP contribution < -0.4 is 0 Å². The molecule has 0 N–H and O–H groups in total. The van der Waals surface area contributed by atoms with Gasteiger partial charge in [0.15, 0.2) is 0 Å². The van der Waals surface area contributed by atoms with Crippen molar-refractivity contribution < 1.29 is 0 Å². The van der Waals surface area contributed by atoms with Gasteiger partial charge in [0.05, 0.1) is 5.69 Å². The molecule has 1 nitrogen and oxygen atoms in total. The van der Waals surface area contributed by atoms with E-state index in [2.05, 4.69) is 17.1 Å². The Morgan fingerprint density at radius 3 is 2.53 bits per heavy atom. The molecule has 2 aromatic carbocycles. The summed E-state index contributed by atoms with van der Waals surface area (Å²) in [6, 6.07) is 18.0. The third-order valence-electron chi connectivity index (χ3n) is 3.03. The fraction of sp³-hybridized carbons (Fsp3) is 0. The maximum absolute atomic E-state index is 6.30. The Kier molecular flexibility index (Phi) is 3.30. The number of nitrogens with zero attached hydrogens (tertiary/aromatic N) is 1. The highest BCUT2D eigenvalue weighted by Gasteiger charge is 2.02. The van der Waals surface area contributed by atoms with Crippen LogP contribution in [0.1, 0.15) is 11.3 Å². The van der Waals surface area contributed by atoms with Crippen LogP contribution in [0.2, 0.25) is 5.02 Å². The third kappa shape index (κ3) is 2.51. The average Bonchev–Trinajstić information content (AvgIpc) is 2.47. The van der Waals surface area contributed by atoms with Crippen molar-refractivity contribution in [3.63, 3.8) is 0 Å². The van der Waals surface area contributed by atoms with Gasteiger partial charge in [-0.3, -0.25) is 4.98 Å². The lowest BCUT2D eigenvalue weighted by molar-refractivity contribution is 1.30. The molecule has 0 saturated heterocycles. The molecule has 0 bridgehead atoms. The smallest absolute Gasteiger partial charge is 0.0629 e. The van der Waals surface area contributed by atoms with Gasteiger partial charge in [-0.1, -0.05) is 54.1 Å². The summed E-state index contributed by atoms with van der Waals surface area (Å²) >= 11 is 6.30. The molecule has 0 aliphatic carbocycles. The quantitative estimate of drug-likeness (QED) is 0.631. The van der Waals surface area contributed by atoms with E-state index in [0.717, 1.165) is 21.7 Å². The van der Waals surface area contributed by atoms with Gasteiger partial charge in [0, 0.05) is 16.8 Å². The molecule has 0 saturated carbocycles. The fourth-order valence-corrected chi connectivity index (χ4v) is 2.31. The number of hydrogen-bond acceptors (Lipinski definition) is 1. The topological polar surface area (TPSA) is 12.9 Å². The maximum atomic E-state index is 6.30. The molecular formula is C17H12ClN. The van der Waals surface area contributed by atoms with Crippen LogP contribution in [-0.4, -0.2) is 4.98 Å². The van der Waals surface area contributed by atoms with Crippen LogP contribution in [-0.2, 0) is 0 Å². The van der Waals surface area contributed by atoms with Crippen molar-refractivity contribution in [1.82, 2.24) is 4.98 Å². The molecule has 3 rings (SSSR count). The molecule has 0 aliphatic heterocycles. The Bertz CT molecular complexity index is 733. The van der Waals surface area contributed by atoms with Crippen LogP contribution in [0.25, 0.3) is 22.9 Å². The Morgan fingerprint density at radius 2 is 1.68 bits per heavy atom. The van der Waals surface area contributed by atoms with Gasteiger partial charge in [0.1, 0.15) is 0 Å². The molecule has 1 heterocycles. The van der Waals surface area contributed by atoms with E-state index in [1.54, 1.807) is 6.20 Å². The third-order valence-corrected chi connectivity index (χ3v) is 3.36. The molecule has 0 spiro atoms. The number of benzene rings is 2. The first-order chi connectivity index (χ1) is 9.34. The van der Waals surface area contributed by atoms with E-state index in [-0.39, 0.29) is 0 Å². The molecular weight excluding hydrogens is 254 g/mol. The van der Waals surface area contributed by atoms with Crippen molar-refractivity contribution in [3.05, 3.63) is 77.1 Å². The lowest BCUT2D eigenvalue weighted by Crippen LogP contribution is -1.81. The highest BCUT2D eigenvalue weighted by molar-refractivity contribution is 6.33. The molecule has 3 aromatic rings. The number of halogens is 1. The second-order valence-electron chi connectivity index (χ2n) is 4.27. The summed E-state index contributed by atoms with van der Waals surface area (Å²) in [5, 5.41) is 3.10. The van der Waals surface area contributed by atoms with Crippen molar-refractivity contribution >= 4 is 34.5 Å². The van der Waals surface area contributed by atoms with Gasteiger partial charge in [-0.15, -0.1) is 0 Å². The minimum absolute atomic E-state index is 0.755. The van der Waals surface area contributed by atoms with Crippen molar-refractivity contribution in [1.29, 1.82) is 0 Å². The van der Waals surface area contributed by atoms with E-state index < -0.39 is 0 Å². The number of rotatable bonds is 2. The summed E-state index contributed by atoms with van der Waals surface area (Å²) in [6.07, 6.45) is 5.78. The van der Waals surface area contributed by atoms with E-state index in [1.165, 1.54) is 5.39 Å². The first kappa shape index (κ1) is 11.9. The number of fused-ring (bicyclic) bond motifs is 1. The number of pyridine rings is 1. The minimum atomic E-state index is 0.755. The molecule has 1 aromatic heterocycles. The fourth-order valence-electron chi connectivity index (χ4n) is 2.08. The maximum Gasteiger partial charge on any atom is 0.0629 e. The lowest BCUT2D eigenvalue weighted by Gasteiger charge is -2.04. The first-order valence-corrected chi connectivity index (χ1v) is 6.49. The van der Waals surface area contributed by atoms with Crippen molar-refractivity contribution in [2.45, 2.75) is 0 Å². The normalized spacial score (nSPS) is 11.2. The molecule has 2 heteroatoms. The predicted molar refractivity (Wildman–Crippen MR) is 82.1 cm³/mol. The molecule has 19 heavy (non-hydrogen) atoms. The summed E-state index contributed by atoms with van der Waals surface area (Å²) in [5.74, 6) is 0. The predicted octanol–water partition coefficient (Wildman–Crippen LogP) is 5.06. The van der Waals surface area contributed by atoms with Gasteiger partial charge in [-0.25, -0.2) is 0 Å². The van der Waals surface area contributed by atoms with Crippen molar-refractivity contribution in [2.75, 3.05) is 0 Å². The van der Waals surface area contributed by atoms with E-state index in [4.69, 9.17) is 11.6 Å². The van der Waals surface area contributed by atoms with Crippen molar-refractivity contribution in [2.24, 2.45) is 0 Å². The molecule has 0 radical (unpaired) electrons. The molecule has 0 fully saturated rings. The second kappa shape index (κ2) is 5.25. The van der Waals surface area contributed by atoms with Crippen LogP contribution in [0, 0.1) is 0 Å². The van der Waals surface area contributed by atoms with E-state index in [1.807, 2.05) is 54.6 Å². The Morgan fingerprint density at radius 1 is 0.842 bits per heavy atom. The molecule has 0 amide bonds. The Balaban J connectivity index is 2.10. The van der Waals surface area contributed by atoms with Crippen LogP contribution in [0.5, 0.6) is 0 Å². The second-order valence-corrected chi connectivity index (χ2v) is 4.68. The SMILES string of the molecule is Clc1ccc2ccccc2c1C=Cc1ccccn1. The van der Waals surface area contributed by atoms with Crippen LogP contribution in [0.15, 0.2) is 60.8 Å². The standard InChI is InChI=1S/C17H12ClN/c18-17-11-8-13-5-1-2-7-15(13)16(17)10-9-14-6-3-4-12-19-14/h1-12H. The van der Waals surface area contributed by atoms with Gasteiger partial charge in [0.25, 0.3) is 0 Å². The lowest BCUT2D eigenvalue weighted by atomic mass is 10.0. The largest absolute Gasteiger partial charge is 0.257 e. The van der Waals surface area contributed by atoms with E-state index >= 15 is 0 Å². The summed E-state index contributed by atoms with van der Waals surface area (Å²) < 4.78 is 0. The summed E-state index contributed by atoms with van der Waals surface area (Å²) in [7, 11) is 0. The van der Waals surface area contributed by atoms with Crippen LogP contribution >= 0.6 is 11.6 Å². The summed E-state index contributed by atoms with van der Waals surface area (Å²) in [4.78, 5) is 4.27. The highest BCUT2D eigenvalue weighted by atomic mass is 35.5. The number of hydrogen-bond donors (Lipinski definition) is 0. The molecule has 92 valence electrons. The number of aromatic nitrogens is 1. The minimum Gasteiger partial charge on any atom is -0.257 e. The first-order valence-electron chi connectivity index (χ1n) is 6.11. The van der Waals surface area contributed by atoms with Gasteiger partial charge in [-0.05, 0) is 35.0 Å². The summed E-state index contributed by atoms with van der Waals surface area (Å²) in [6.45, 7) is 0. The van der Waals surface area contributed by atoms with E-state index in [0.29, 0.717) is 0 Å². The van der Waals surface area contributed by atoms with Gasteiger partial charge >= 0.3 is 0 Å². The van der Waals surface area contributed by atoms with Crippen LogP contribution in [0.4, 0.5) is 0 Å². The van der Waals surface area contributed by atoms with Gasteiger partial charge in [-0.2, -0.15) is 0 Å². The molecule has 0 aliphatic rings. The van der Waals surface area contributed by atoms with Gasteiger partial charge < -0.3 is 0 Å². The van der Waals surface area contributed by atoms with Crippen LogP contribution in [0.3, 0.4) is 0 Å². The highest BCUT2D eigenvalue weighted by Crippen LogP contribution is 2.27. The zero-order valence-electron chi connectivity index (χ0n) is 10.3. The average molecular weight is 266 g/mol. The zero-order chi connectivity index (χ0) is 13.1. The van der Waals surface area contributed by atoms with Crippen molar-refractivity contribution in [3.8, 4) is 0 Å². The molecule has 0 atom stereocenters. The molecule has 0 unspecified atom stereocenters. The monoisotopic (exact) mass is 265 g/mol. The Labute approximate surface area is 117 Å². The zero-order valence-corrected chi connectivity index (χ0v) is 11.0. The van der Waals surface area contributed by atoms with E-state index in [9.17, 15) is 0 Å². The summed E-state index contributed by atoms with van der Waals surface area (Å²) in [5.41, 5.74) is 1.96.